The standard InChI is InChI=1S/C12H15NO/c14-9-12-3-1-2-11(6-12)8-13-7-10-4-5-10/h1-3,6,9-10,13H,4-5,7-8H2. The lowest BCUT2D eigenvalue weighted by Crippen LogP contribution is -2.16. The van der Waals surface area contributed by atoms with Crippen molar-refractivity contribution in [1.29, 1.82) is 0 Å². The van der Waals surface area contributed by atoms with Crippen LogP contribution in [0.3, 0.4) is 0 Å². The van der Waals surface area contributed by atoms with Gasteiger partial charge in [-0.05, 0) is 36.9 Å². The molecule has 1 aromatic carbocycles. The summed E-state index contributed by atoms with van der Waals surface area (Å²) >= 11 is 0. The smallest absolute Gasteiger partial charge is 0.150 e. The Labute approximate surface area is 84.3 Å². The molecule has 2 nitrogen and oxygen atoms in total. The van der Waals surface area contributed by atoms with Gasteiger partial charge in [0.15, 0.2) is 0 Å². The highest BCUT2D eigenvalue weighted by atomic mass is 16.1. The summed E-state index contributed by atoms with van der Waals surface area (Å²) < 4.78 is 0. The average Bonchev–Trinajstić information content (AvgIpc) is 3.02. The monoisotopic (exact) mass is 189 g/mol. The van der Waals surface area contributed by atoms with E-state index in [1.165, 1.54) is 18.4 Å². The molecule has 0 aliphatic heterocycles. The lowest BCUT2D eigenvalue weighted by Gasteiger charge is -2.03. The zero-order valence-corrected chi connectivity index (χ0v) is 8.20. The van der Waals surface area contributed by atoms with Crippen molar-refractivity contribution in [2.75, 3.05) is 6.54 Å². The van der Waals surface area contributed by atoms with E-state index in [9.17, 15) is 4.79 Å². The molecule has 0 aromatic heterocycles. The summed E-state index contributed by atoms with van der Waals surface area (Å²) in [5.41, 5.74) is 1.95. The number of carbonyl (C=O) groups excluding carboxylic acids is 1. The SMILES string of the molecule is O=Cc1cccc(CNCC2CC2)c1. The first-order valence-corrected chi connectivity index (χ1v) is 5.13. The van der Waals surface area contributed by atoms with E-state index in [4.69, 9.17) is 0 Å². The summed E-state index contributed by atoms with van der Waals surface area (Å²) in [5.74, 6) is 0.907. The maximum absolute atomic E-state index is 10.5. The van der Waals surface area contributed by atoms with Crippen LogP contribution in [0, 0.1) is 5.92 Å². The zero-order valence-electron chi connectivity index (χ0n) is 8.20. The fourth-order valence-corrected chi connectivity index (χ4v) is 1.52. The number of benzene rings is 1. The summed E-state index contributed by atoms with van der Waals surface area (Å²) in [6.45, 7) is 1.99. The van der Waals surface area contributed by atoms with Crippen molar-refractivity contribution in [1.82, 2.24) is 5.32 Å². The average molecular weight is 189 g/mol. The third kappa shape index (κ3) is 2.67. The van der Waals surface area contributed by atoms with Crippen LogP contribution in [-0.2, 0) is 6.54 Å². The van der Waals surface area contributed by atoms with Gasteiger partial charge in [-0.1, -0.05) is 18.2 Å². The van der Waals surface area contributed by atoms with E-state index in [-0.39, 0.29) is 0 Å². The Morgan fingerprint density at radius 3 is 3.00 bits per heavy atom. The normalized spacial score (nSPS) is 15.4. The Morgan fingerprint density at radius 2 is 2.29 bits per heavy atom. The van der Waals surface area contributed by atoms with Crippen molar-refractivity contribution in [2.45, 2.75) is 19.4 Å². The van der Waals surface area contributed by atoms with Crippen molar-refractivity contribution >= 4 is 6.29 Å². The number of carbonyl (C=O) groups is 1. The molecule has 0 saturated heterocycles. The van der Waals surface area contributed by atoms with E-state index in [2.05, 4.69) is 5.32 Å². The topological polar surface area (TPSA) is 29.1 Å². The molecule has 1 aromatic rings. The van der Waals surface area contributed by atoms with Crippen LogP contribution in [0.4, 0.5) is 0 Å². The fourth-order valence-electron chi connectivity index (χ4n) is 1.52. The molecular formula is C12H15NO. The molecule has 1 fully saturated rings. The number of hydrogen-bond donors (Lipinski definition) is 1. The highest BCUT2D eigenvalue weighted by Gasteiger charge is 2.19. The molecule has 0 radical (unpaired) electrons. The minimum Gasteiger partial charge on any atom is -0.312 e. The molecule has 0 unspecified atom stereocenters. The second-order valence-electron chi connectivity index (χ2n) is 3.94. The molecule has 14 heavy (non-hydrogen) atoms. The molecule has 1 aliphatic rings. The van der Waals surface area contributed by atoms with E-state index in [0.29, 0.717) is 0 Å². The molecular weight excluding hydrogens is 174 g/mol. The fraction of sp³-hybridized carbons (Fsp3) is 0.417. The van der Waals surface area contributed by atoms with Crippen molar-refractivity contribution in [2.24, 2.45) is 5.92 Å². The first-order chi connectivity index (χ1) is 6.88. The molecule has 0 atom stereocenters. The van der Waals surface area contributed by atoms with Gasteiger partial charge in [-0.25, -0.2) is 0 Å². The lowest BCUT2D eigenvalue weighted by molar-refractivity contribution is 0.112. The predicted molar refractivity (Wildman–Crippen MR) is 56.3 cm³/mol. The summed E-state index contributed by atoms with van der Waals surface area (Å²) in [5, 5.41) is 3.40. The van der Waals surface area contributed by atoms with Crippen LogP contribution in [-0.4, -0.2) is 12.8 Å². The maximum Gasteiger partial charge on any atom is 0.150 e. The first kappa shape index (κ1) is 9.41. The Morgan fingerprint density at radius 1 is 1.43 bits per heavy atom. The van der Waals surface area contributed by atoms with Crippen LogP contribution in [0.2, 0.25) is 0 Å². The molecule has 74 valence electrons. The summed E-state index contributed by atoms with van der Waals surface area (Å²) in [7, 11) is 0. The minimum absolute atomic E-state index is 0.760. The quantitative estimate of drug-likeness (QED) is 0.718. The van der Waals surface area contributed by atoms with Crippen molar-refractivity contribution in [3.05, 3.63) is 35.4 Å². The lowest BCUT2D eigenvalue weighted by atomic mass is 10.1. The van der Waals surface area contributed by atoms with Crippen LogP contribution in [0.5, 0.6) is 0 Å². The number of rotatable bonds is 5. The van der Waals surface area contributed by atoms with Gasteiger partial charge in [0, 0.05) is 12.1 Å². The summed E-state index contributed by atoms with van der Waals surface area (Å²) in [4.78, 5) is 10.5. The van der Waals surface area contributed by atoms with Gasteiger partial charge in [-0.2, -0.15) is 0 Å². The predicted octanol–water partition coefficient (Wildman–Crippen LogP) is 2.00. The van der Waals surface area contributed by atoms with Crippen LogP contribution in [0.15, 0.2) is 24.3 Å². The molecule has 0 bridgehead atoms. The van der Waals surface area contributed by atoms with E-state index >= 15 is 0 Å². The Balaban J connectivity index is 1.84. The van der Waals surface area contributed by atoms with Gasteiger partial charge in [0.25, 0.3) is 0 Å². The van der Waals surface area contributed by atoms with Gasteiger partial charge in [0.2, 0.25) is 0 Å². The largest absolute Gasteiger partial charge is 0.312 e. The van der Waals surface area contributed by atoms with Gasteiger partial charge in [0.1, 0.15) is 6.29 Å². The van der Waals surface area contributed by atoms with Gasteiger partial charge >= 0.3 is 0 Å². The van der Waals surface area contributed by atoms with E-state index < -0.39 is 0 Å². The van der Waals surface area contributed by atoms with Gasteiger partial charge in [-0.15, -0.1) is 0 Å². The minimum atomic E-state index is 0.760. The number of hydrogen-bond acceptors (Lipinski definition) is 2. The molecule has 1 N–H and O–H groups in total. The molecule has 0 spiro atoms. The van der Waals surface area contributed by atoms with Crippen LogP contribution in [0.25, 0.3) is 0 Å². The molecule has 0 heterocycles. The van der Waals surface area contributed by atoms with Gasteiger partial charge < -0.3 is 5.32 Å². The van der Waals surface area contributed by atoms with Crippen molar-refractivity contribution in [3.8, 4) is 0 Å². The first-order valence-electron chi connectivity index (χ1n) is 5.13. The maximum atomic E-state index is 10.5. The zero-order chi connectivity index (χ0) is 9.80. The Hall–Kier alpha value is -1.15. The highest BCUT2D eigenvalue weighted by molar-refractivity contribution is 5.74. The van der Waals surface area contributed by atoms with E-state index in [1.54, 1.807) is 0 Å². The number of aldehydes is 1. The third-order valence-electron chi connectivity index (χ3n) is 2.55. The Bertz CT molecular complexity index is 318. The highest BCUT2D eigenvalue weighted by Crippen LogP contribution is 2.27. The second kappa shape index (κ2) is 4.38. The third-order valence-corrected chi connectivity index (χ3v) is 2.55. The van der Waals surface area contributed by atoms with Crippen LogP contribution >= 0.6 is 0 Å². The van der Waals surface area contributed by atoms with Gasteiger partial charge in [0.05, 0.1) is 0 Å². The molecule has 0 amide bonds. The molecule has 2 rings (SSSR count). The van der Waals surface area contributed by atoms with Crippen molar-refractivity contribution in [3.63, 3.8) is 0 Å². The summed E-state index contributed by atoms with van der Waals surface area (Å²) in [6.07, 6.45) is 3.65. The molecule has 1 aliphatic carbocycles. The van der Waals surface area contributed by atoms with Crippen molar-refractivity contribution < 1.29 is 4.79 Å². The van der Waals surface area contributed by atoms with E-state index in [1.807, 2.05) is 24.3 Å². The molecule has 2 heteroatoms. The number of nitrogens with one attached hydrogen (secondary N) is 1. The van der Waals surface area contributed by atoms with Crippen LogP contribution < -0.4 is 5.32 Å². The van der Waals surface area contributed by atoms with Crippen LogP contribution in [0.1, 0.15) is 28.8 Å². The summed E-state index contributed by atoms with van der Waals surface area (Å²) in [6, 6.07) is 7.75. The van der Waals surface area contributed by atoms with Gasteiger partial charge in [-0.3, -0.25) is 4.79 Å². The van der Waals surface area contributed by atoms with E-state index in [0.717, 1.165) is 30.9 Å². The Kier molecular flexibility index (Phi) is 2.94. The second-order valence-corrected chi connectivity index (χ2v) is 3.94. The molecule has 1 saturated carbocycles.